The second-order valence-electron chi connectivity index (χ2n) is 11.2. The monoisotopic (exact) mass is 379 g/mol. The molecule has 0 amide bonds. The van der Waals surface area contributed by atoms with E-state index in [2.05, 4.69) is 19.9 Å². The number of rotatable bonds is 3. The molecular weight excluding hydrogens is 340 g/mol. The van der Waals surface area contributed by atoms with E-state index in [-0.39, 0.29) is 5.41 Å². The molecule has 4 aliphatic rings. The van der Waals surface area contributed by atoms with Gasteiger partial charge in [0.1, 0.15) is 0 Å². The van der Waals surface area contributed by atoms with Crippen LogP contribution in [0, 0.1) is 40.4 Å². The number of alkyl halides is 2. The van der Waals surface area contributed by atoms with E-state index in [4.69, 9.17) is 5.73 Å². The van der Waals surface area contributed by atoms with E-state index >= 15 is 0 Å². The van der Waals surface area contributed by atoms with Crippen LogP contribution in [0.4, 0.5) is 8.78 Å². The zero-order valence-electron chi connectivity index (χ0n) is 17.7. The van der Waals surface area contributed by atoms with Gasteiger partial charge in [-0.3, -0.25) is 0 Å². The van der Waals surface area contributed by atoms with Gasteiger partial charge >= 0.3 is 0 Å². The van der Waals surface area contributed by atoms with Crippen molar-refractivity contribution in [2.24, 2.45) is 46.2 Å². The Morgan fingerprint density at radius 1 is 1.15 bits per heavy atom. The van der Waals surface area contributed by atoms with Crippen molar-refractivity contribution in [2.45, 2.75) is 97.4 Å². The number of hydrogen-bond donors (Lipinski definition) is 1. The Balaban J connectivity index is 1.55. The maximum atomic E-state index is 13.8. The molecule has 0 aromatic rings. The summed E-state index contributed by atoms with van der Waals surface area (Å²) in [5, 5.41) is 0. The molecule has 0 bridgehead atoms. The van der Waals surface area contributed by atoms with E-state index < -0.39 is 11.8 Å². The lowest BCUT2D eigenvalue weighted by molar-refractivity contribution is -0.0688. The van der Waals surface area contributed by atoms with Gasteiger partial charge in [-0.1, -0.05) is 32.4 Å². The van der Waals surface area contributed by atoms with Crippen molar-refractivity contribution in [1.29, 1.82) is 0 Å². The predicted molar refractivity (Wildman–Crippen MR) is 108 cm³/mol. The molecular formula is C24H39F2N. The normalized spacial score (nSPS) is 48.3. The Morgan fingerprint density at radius 3 is 2.59 bits per heavy atom. The fraction of sp³-hybridized carbons (Fsp3) is 0.917. The summed E-state index contributed by atoms with van der Waals surface area (Å²) in [5.74, 6) is -0.318. The first-order valence-electron chi connectivity index (χ1n) is 11.4. The Labute approximate surface area is 164 Å². The molecule has 0 aromatic carbocycles. The molecule has 3 heteroatoms. The van der Waals surface area contributed by atoms with E-state index in [1.807, 2.05) is 0 Å². The third-order valence-electron chi connectivity index (χ3n) is 9.84. The Morgan fingerprint density at radius 2 is 1.89 bits per heavy atom. The summed E-state index contributed by atoms with van der Waals surface area (Å²) in [6, 6.07) is 0.350. The third-order valence-corrected chi connectivity index (χ3v) is 9.84. The number of nitrogens with two attached hydrogens (primary N) is 1. The fourth-order valence-electron chi connectivity index (χ4n) is 7.82. The topological polar surface area (TPSA) is 26.0 Å². The maximum absolute atomic E-state index is 13.8. The second-order valence-corrected chi connectivity index (χ2v) is 11.2. The average Bonchev–Trinajstić information content (AvgIpc) is 2.91. The predicted octanol–water partition coefficient (Wildman–Crippen LogP) is 6.57. The van der Waals surface area contributed by atoms with Gasteiger partial charge in [-0.05, 0) is 99.2 Å². The molecule has 0 spiro atoms. The summed E-state index contributed by atoms with van der Waals surface area (Å²) in [7, 11) is 0. The molecule has 0 aromatic heterocycles. The lowest BCUT2D eigenvalue weighted by atomic mass is 9.47. The van der Waals surface area contributed by atoms with Crippen LogP contribution in [-0.4, -0.2) is 12.0 Å². The van der Waals surface area contributed by atoms with Gasteiger partial charge in [0, 0.05) is 12.0 Å². The molecule has 1 nitrogen and oxygen atoms in total. The van der Waals surface area contributed by atoms with Crippen molar-refractivity contribution in [3.63, 3.8) is 0 Å². The minimum absolute atomic E-state index is 0.271. The van der Waals surface area contributed by atoms with Gasteiger partial charge in [-0.25, -0.2) is 8.78 Å². The van der Waals surface area contributed by atoms with Crippen molar-refractivity contribution in [2.75, 3.05) is 0 Å². The van der Waals surface area contributed by atoms with Crippen LogP contribution in [0.5, 0.6) is 0 Å². The molecule has 27 heavy (non-hydrogen) atoms. The molecule has 3 fully saturated rings. The lowest BCUT2D eigenvalue weighted by Crippen LogP contribution is -2.51. The van der Waals surface area contributed by atoms with Gasteiger partial charge in [-0.15, -0.1) is 0 Å². The van der Waals surface area contributed by atoms with Gasteiger partial charge in [0.25, 0.3) is 0 Å². The van der Waals surface area contributed by atoms with E-state index in [0.717, 1.165) is 43.9 Å². The molecule has 2 N–H and O–H groups in total. The quantitative estimate of drug-likeness (QED) is 0.551. The standard InChI is InChI=1S/C24H39F2N/c1-15(24(4,25)26)13-16-6-8-20-19-7-5-17-14-18(27)9-11-22(17,2)21(19)10-12-23(16,20)3/h5,15-16,18-21H,6-14,27H2,1-4H3. The number of halogens is 2. The van der Waals surface area contributed by atoms with Gasteiger partial charge in [-0.2, -0.15) is 0 Å². The highest BCUT2D eigenvalue weighted by Crippen LogP contribution is 2.67. The highest BCUT2D eigenvalue weighted by molar-refractivity contribution is 5.25. The molecule has 0 saturated heterocycles. The summed E-state index contributed by atoms with van der Waals surface area (Å²) in [6.45, 7) is 7.82. The molecule has 0 radical (unpaired) electrons. The van der Waals surface area contributed by atoms with Crippen molar-refractivity contribution in [3.05, 3.63) is 11.6 Å². The van der Waals surface area contributed by atoms with E-state index in [1.54, 1.807) is 12.5 Å². The van der Waals surface area contributed by atoms with Crippen LogP contribution >= 0.6 is 0 Å². The van der Waals surface area contributed by atoms with Crippen LogP contribution in [0.15, 0.2) is 11.6 Å². The Hall–Kier alpha value is -0.440. The first kappa shape index (κ1) is 19.9. The van der Waals surface area contributed by atoms with Crippen molar-refractivity contribution >= 4 is 0 Å². The van der Waals surface area contributed by atoms with Crippen LogP contribution in [0.25, 0.3) is 0 Å². The SMILES string of the molecule is CC(CC1CCC2C3CC=C4CC(N)CCC4(C)C3CCC12C)C(C)(F)F. The molecule has 3 saturated carbocycles. The first-order chi connectivity index (χ1) is 12.6. The molecule has 154 valence electrons. The smallest absolute Gasteiger partial charge is 0.247 e. The largest absolute Gasteiger partial charge is 0.327 e. The first-order valence-corrected chi connectivity index (χ1v) is 11.4. The van der Waals surface area contributed by atoms with Crippen LogP contribution < -0.4 is 5.73 Å². The fourth-order valence-corrected chi connectivity index (χ4v) is 7.82. The Bertz CT molecular complexity index is 608. The van der Waals surface area contributed by atoms with Gasteiger partial charge < -0.3 is 5.73 Å². The Kier molecular flexibility index (Phi) is 4.81. The molecule has 0 heterocycles. The van der Waals surface area contributed by atoms with E-state index in [1.165, 1.54) is 32.1 Å². The molecule has 8 atom stereocenters. The highest BCUT2D eigenvalue weighted by Gasteiger charge is 2.58. The number of fused-ring (bicyclic) bond motifs is 5. The second kappa shape index (κ2) is 6.54. The van der Waals surface area contributed by atoms with Crippen LogP contribution in [-0.2, 0) is 0 Å². The average molecular weight is 380 g/mol. The maximum Gasteiger partial charge on any atom is 0.247 e. The molecule has 8 unspecified atom stereocenters. The zero-order chi connectivity index (χ0) is 19.6. The summed E-state index contributed by atoms with van der Waals surface area (Å²) in [5.41, 5.74) is 8.53. The van der Waals surface area contributed by atoms with Crippen LogP contribution in [0.1, 0.15) is 85.5 Å². The number of hydrogen-bond acceptors (Lipinski definition) is 1. The minimum Gasteiger partial charge on any atom is -0.327 e. The zero-order valence-corrected chi connectivity index (χ0v) is 17.7. The van der Waals surface area contributed by atoms with Gasteiger partial charge in [0.05, 0.1) is 0 Å². The summed E-state index contributed by atoms with van der Waals surface area (Å²) < 4.78 is 27.7. The summed E-state index contributed by atoms with van der Waals surface area (Å²) in [6.07, 6.45) is 12.9. The van der Waals surface area contributed by atoms with Crippen molar-refractivity contribution < 1.29 is 8.78 Å². The lowest BCUT2D eigenvalue weighted by Gasteiger charge is -2.58. The number of allylic oxidation sites excluding steroid dienone is 1. The molecule has 0 aliphatic heterocycles. The van der Waals surface area contributed by atoms with Gasteiger partial charge in [0.2, 0.25) is 5.92 Å². The van der Waals surface area contributed by atoms with E-state index in [0.29, 0.717) is 23.8 Å². The molecule has 4 rings (SSSR count). The summed E-state index contributed by atoms with van der Waals surface area (Å²) >= 11 is 0. The molecule has 4 aliphatic carbocycles. The van der Waals surface area contributed by atoms with Crippen LogP contribution in [0.2, 0.25) is 0 Å². The van der Waals surface area contributed by atoms with Crippen molar-refractivity contribution in [1.82, 2.24) is 0 Å². The minimum atomic E-state index is -2.55. The highest BCUT2D eigenvalue weighted by atomic mass is 19.3. The van der Waals surface area contributed by atoms with Crippen LogP contribution in [0.3, 0.4) is 0 Å². The van der Waals surface area contributed by atoms with Crippen molar-refractivity contribution in [3.8, 4) is 0 Å². The third kappa shape index (κ3) is 3.11. The van der Waals surface area contributed by atoms with E-state index in [9.17, 15) is 8.78 Å². The summed E-state index contributed by atoms with van der Waals surface area (Å²) in [4.78, 5) is 0. The van der Waals surface area contributed by atoms with Gasteiger partial charge in [0.15, 0.2) is 0 Å².